The fraction of sp³-hybridized carbons (Fsp3) is 0.200. The summed E-state index contributed by atoms with van der Waals surface area (Å²) in [5, 5.41) is 1.83. The third-order valence-electron chi connectivity index (χ3n) is 2.83. The van der Waals surface area contributed by atoms with Crippen LogP contribution < -0.4 is 9.64 Å². The minimum Gasteiger partial charge on any atom is -0.490 e. The van der Waals surface area contributed by atoms with Crippen LogP contribution in [0.4, 0.5) is 5.69 Å². The van der Waals surface area contributed by atoms with Crippen LogP contribution in [0, 0.1) is 0 Å². The van der Waals surface area contributed by atoms with E-state index in [1.54, 1.807) is 18.2 Å². The second kappa shape index (κ2) is 7.07. The molecular formula is C15H14Cl3NO. The molecule has 0 heterocycles. The van der Waals surface area contributed by atoms with Gasteiger partial charge in [0.1, 0.15) is 12.4 Å². The topological polar surface area (TPSA) is 12.5 Å². The molecule has 0 amide bonds. The summed E-state index contributed by atoms with van der Waals surface area (Å²) in [5.41, 5.74) is 1.04. The zero-order chi connectivity index (χ0) is 14.5. The van der Waals surface area contributed by atoms with Crippen LogP contribution in [0.2, 0.25) is 15.1 Å². The molecule has 20 heavy (non-hydrogen) atoms. The normalized spacial score (nSPS) is 10.4. The van der Waals surface area contributed by atoms with Gasteiger partial charge in [0, 0.05) is 22.8 Å². The molecule has 0 aliphatic heterocycles. The zero-order valence-corrected chi connectivity index (χ0v) is 13.2. The van der Waals surface area contributed by atoms with Crippen LogP contribution in [0.25, 0.3) is 0 Å². The molecule has 0 bridgehead atoms. The van der Waals surface area contributed by atoms with Crippen molar-refractivity contribution in [3.8, 4) is 5.75 Å². The van der Waals surface area contributed by atoms with E-state index in [-0.39, 0.29) is 0 Å². The van der Waals surface area contributed by atoms with Gasteiger partial charge in [-0.15, -0.1) is 0 Å². The Balaban J connectivity index is 1.89. The van der Waals surface area contributed by atoms with Crippen molar-refractivity contribution in [1.82, 2.24) is 0 Å². The number of halogens is 3. The first-order valence-electron chi connectivity index (χ1n) is 6.11. The van der Waals surface area contributed by atoms with Crippen LogP contribution in [-0.2, 0) is 0 Å². The summed E-state index contributed by atoms with van der Waals surface area (Å²) in [6.07, 6.45) is 0. The highest BCUT2D eigenvalue weighted by atomic mass is 35.5. The van der Waals surface area contributed by atoms with Gasteiger partial charge >= 0.3 is 0 Å². The lowest BCUT2D eigenvalue weighted by Crippen LogP contribution is -2.23. The Kier molecular flexibility index (Phi) is 5.41. The van der Waals surface area contributed by atoms with E-state index in [4.69, 9.17) is 39.5 Å². The van der Waals surface area contributed by atoms with Crippen molar-refractivity contribution < 1.29 is 4.74 Å². The van der Waals surface area contributed by atoms with Gasteiger partial charge in [-0.2, -0.15) is 0 Å². The molecule has 0 fully saturated rings. The predicted octanol–water partition coefficient (Wildman–Crippen LogP) is 5.16. The predicted molar refractivity (Wildman–Crippen MR) is 86.7 cm³/mol. The SMILES string of the molecule is CN(CCOc1ccc(Cl)cc1Cl)c1cccc(Cl)c1. The van der Waals surface area contributed by atoms with E-state index in [2.05, 4.69) is 4.90 Å². The highest BCUT2D eigenvalue weighted by molar-refractivity contribution is 6.35. The molecule has 2 aromatic carbocycles. The number of benzene rings is 2. The van der Waals surface area contributed by atoms with E-state index >= 15 is 0 Å². The number of rotatable bonds is 5. The van der Waals surface area contributed by atoms with Crippen molar-refractivity contribution in [2.24, 2.45) is 0 Å². The first-order valence-corrected chi connectivity index (χ1v) is 7.24. The van der Waals surface area contributed by atoms with E-state index in [0.717, 1.165) is 17.3 Å². The maximum Gasteiger partial charge on any atom is 0.138 e. The van der Waals surface area contributed by atoms with Crippen molar-refractivity contribution in [2.75, 3.05) is 25.1 Å². The molecule has 0 aromatic heterocycles. The van der Waals surface area contributed by atoms with Gasteiger partial charge in [-0.3, -0.25) is 0 Å². The molecule has 0 aliphatic rings. The molecule has 0 saturated heterocycles. The molecule has 2 aromatic rings. The molecule has 0 spiro atoms. The van der Waals surface area contributed by atoms with Gasteiger partial charge in [-0.25, -0.2) is 0 Å². The van der Waals surface area contributed by atoms with Crippen LogP contribution in [0.1, 0.15) is 0 Å². The number of nitrogens with zero attached hydrogens (tertiary/aromatic N) is 1. The largest absolute Gasteiger partial charge is 0.490 e. The van der Waals surface area contributed by atoms with Gasteiger partial charge in [-0.1, -0.05) is 40.9 Å². The van der Waals surface area contributed by atoms with Crippen LogP contribution in [0.15, 0.2) is 42.5 Å². The van der Waals surface area contributed by atoms with Crippen LogP contribution in [0.5, 0.6) is 5.75 Å². The molecule has 0 aliphatic carbocycles. The minimum atomic E-state index is 0.517. The Morgan fingerprint density at radius 1 is 1.00 bits per heavy atom. The Labute approximate surface area is 133 Å². The lowest BCUT2D eigenvalue weighted by atomic mass is 10.3. The molecule has 2 nitrogen and oxygen atoms in total. The molecular weight excluding hydrogens is 317 g/mol. The average Bonchev–Trinajstić information content (AvgIpc) is 2.41. The zero-order valence-electron chi connectivity index (χ0n) is 10.9. The molecule has 5 heteroatoms. The van der Waals surface area contributed by atoms with E-state index in [0.29, 0.717) is 22.4 Å². The van der Waals surface area contributed by atoms with Crippen molar-refractivity contribution >= 4 is 40.5 Å². The van der Waals surface area contributed by atoms with E-state index < -0.39 is 0 Å². The fourth-order valence-corrected chi connectivity index (χ4v) is 2.38. The Hall–Kier alpha value is -1.09. The molecule has 0 saturated carbocycles. The van der Waals surface area contributed by atoms with Crippen molar-refractivity contribution in [1.29, 1.82) is 0 Å². The number of anilines is 1. The molecule has 0 radical (unpaired) electrons. The van der Waals surface area contributed by atoms with Gasteiger partial charge in [0.15, 0.2) is 0 Å². The number of ether oxygens (including phenoxy) is 1. The summed E-state index contributed by atoms with van der Waals surface area (Å²) in [5.74, 6) is 0.635. The smallest absolute Gasteiger partial charge is 0.138 e. The quantitative estimate of drug-likeness (QED) is 0.750. The monoisotopic (exact) mass is 329 g/mol. The van der Waals surface area contributed by atoms with Gasteiger partial charge in [0.25, 0.3) is 0 Å². The number of likely N-dealkylation sites (N-methyl/N-ethyl adjacent to an activating group) is 1. The van der Waals surface area contributed by atoms with Crippen molar-refractivity contribution in [3.63, 3.8) is 0 Å². The first kappa shape index (κ1) is 15.3. The summed E-state index contributed by atoms with van der Waals surface area (Å²) in [6.45, 7) is 1.24. The van der Waals surface area contributed by atoms with Gasteiger partial charge in [0.05, 0.1) is 11.6 Å². The lowest BCUT2D eigenvalue weighted by molar-refractivity contribution is 0.326. The number of hydrogen-bond donors (Lipinski definition) is 0. The Morgan fingerprint density at radius 2 is 1.75 bits per heavy atom. The van der Waals surface area contributed by atoms with Crippen LogP contribution in [-0.4, -0.2) is 20.2 Å². The molecule has 106 valence electrons. The Bertz CT molecular complexity index is 589. The third kappa shape index (κ3) is 4.20. The number of hydrogen-bond acceptors (Lipinski definition) is 2. The Morgan fingerprint density at radius 3 is 2.45 bits per heavy atom. The summed E-state index contributed by atoms with van der Waals surface area (Å²) in [7, 11) is 1.98. The molecule has 2 rings (SSSR count). The van der Waals surface area contributed by atoms with Crippen LogP contribution in [0.3, 0.4) is 0 Å². The van der Waals surface area contributed by atoms with E-state index in [1.807, 2.05) is 31.3 Å². The van der Waals surface area contributed by atoms with Gasteiger partial charge in [-0.05, 0) is 36.4 Å². The lowest BCUT2D eigenvalue weighted by Gasteiger charge is -2.20. The van der Waals surface area contributed by atoms with Crippen molar-refractivity contribution in [2.45, 2.75) is 0 Å². The summed E-state index contributed by atoms with van der Waals surface area (Å²) < 4.78 is 5.65. The van der Waals surface area contributed by atoms with Gasteiger partial charge < -0.3 is 9.64 Å². The average molecular weight is 331 g/mol. The highest BCUT2D eigenvalue weighted by Gasteiger charge is 2.04. The van der Waals surface area contributed by atoms with E-state index in [9.17, 15) is 0 Å². The van der Waals surface area contributed by atoms with E-state index in [1.165, 1.54) is 0 Å². The van der Waals surface area contributed by atoms with Crippen LogP contribution >= 0.6 is 34.8 Å². The maximum absolute atomic E-state index is 6.04. The van der Waals surface area contributed by atoms with Crippen molar-refractivity contribution in [3.05, 3.63) is 57.5 Å². The second-order valence-electron chi connectivity index (χ2n) is 4.32. The summed E-state index contributed by atoms with van der Waals surface area (Å²) >= 11 is 17.8. The first-order chi connectivity index (χ1) is 9.56. The summed E-state index contributed by atoms with van der Waals surface area (Å²) in [4.78, 5) is 2.07. The second-order valence-corrected chi connectivity index (χ2v) is 5.60. The fourth-order valence-electron chi connectivity index (χ4n) is 1.73. The molecule has 0 atom stereocenters. The molecule has 0 N–H and O–H groups in total. The maximum atomic E-state index is 6.04. The third-order valence-corrected chi connectivity index (χ3v) is 3.59. The minimum absolute atomic E-state index is 0.517. The summed E-state index contributed by atoms with van der Waals surface area (Å²) in [6, 6.07) is 12.9. The standard InChI is InChI=1S/C15H14Cl3NO/c1-19(13-4-2-3-11(16)9-13)7-8-20-15-6-5-12(17)10-14(15)18/h2-6,9-10H,7-8H2,1H3. The highest BCUT2D eigenvalue weighted by Crippen LogP contribution is 2.27. The molecule has 0 unspecified atom stereocenters. The van der Waals surface area contributed by atoms with Gasteiger partial charge in [0.2, 0.25) is 0 Å².